The molecule has 0 N–H and O–H groups in total. The molecule has 0 spiro atoms. The summed E-state index contributed by atoms with van der Waals surface area (Å²) in [5.74, 6) is 2.47. The fraction of sp³-hybridized carbons (Fsp3) is 0.240. The monoisotopic (exact) mass is 455 g/mol. The van der Waals surface area contributed by atoms with Crippen molar-refractivity contribution in [2.45, 2.75) is 25.2 Å². The fourth-order valence-corrected chi connectivity index (χ4v) is 4.70. The van der Waals surface area contributed by atoms with Crippen molar-refractivity contribution in [1.82, 2.24) is 24.6 Å². The number of hydrogen-bond donors (Lipinski definition) is 0. The Bertz CT molecular complexity index is 1460. The second-order valence-corrected chi connectivity index (χ2v) is 8.17. The van der Waals surface area contributed by atoms with Crippen LogP contribution in [0.4, 0.5) is 0 Å². The maximum atomic E-state index is 13.2. The number of aromatic nitrogens is 5. The summed E-state index contributed by atoms with van der Waals surface area (Å²) in [7, 11) is 3.19. The highest BCUT2D eigenvalue weighted by Gasteiger charge is 2.40. The number of ketones is 1. The minimum Gasteiger partial charge on any atom is -0.493 e. The number of Topliss-reactive ketones (excluding diaryl/α,β-unsaturated/α-hetero) is 1. The smallest absolute Gasteiger partial charge is 0.228 e. The van der Waals surface area contributed by atoms with Crippen molar-refractivity contribution in [3.05, 3.63) is 71.5 Å². The van der Waals surface area contributed by atoms with Crippen molar-refractivity contribution in [3.63, 3.8) is 0 Å². The molecule has 0 unspecified atom stereocenters. The molecule has 6 rings (SSSR count). The minimum absolute atomic E-state index is 0.0701. The molecule has 4 aromatic rings. The quantitative estimate of drug-likeness (QED) is 0.459. The van der Waals surface area contributed by atoms with E-state index in [0.717, 1.165) is 17.5 Å². The van der Waals surface area contributed by atoms with Crippen LogP contribution in [0.1, 0.15) is 36.3 Å². The zero-order chi connectivity index (χ0) is 23.2. The molecule has 2 aliphatic rings. The Morgan fingerprint density at radius 3 is 2.79 bits per heavy atom. The van der Waals surface area contributed by atoms with E-state index in [1.165, 1.54) is 0 Å². The molecular weight excluding hydrogens is 434 g/mol. The largest absolute Gasteiger partial charge is 0.493 e. The van der Waals surface area contributed by atoms with Gasteiger partial charge in [0.2, 0.25) is 5.88 Å². The third-order valence-corrected chi connectivity index (χ3v) is 6.25. The van der Waals surface area contributed by atoms with Crippen molar-refractivity contribution < 1.29 is 19.0 Å². The molecule has 1 aliphatic carbocycles. The number of allylic oxidation sites excluding steroid dienone is 2. The lowest BCUT2D eigenvalue weighted by molar-refractivity contribution is -0.116. The molecular formula is C25H21N5O4. The average Bonchev–Trinajstić information content (AvgIpc) is 3.32. The van der Waals surface area contributed by atoms with E-state index < -0.39 is 5.92 Å². The lowest BCUT2D eigenvalue weighted by Gasteiger charge is -2.32. The maximum absolute atomic E-state index is 13.2. The minimum atomic E-state index is -0.423. The number of nitrogens with zero attached hydrogens (tertiary/aromatic N) is 5. The second-order valence-electron chi connectivity index (χ2n) is 8.17. The van der Waals surface area contributed by atoms with Gasteiger partial charge >= 0.3 is 0 Å². The molecule has 0 saturated heterocycles. The maximum Gasteiger partial charge on any atom is 0.228 e. The van der Waals surface area contributed by atoms with Crippen LogP contribution >= 0.6 is 0 Å². The highest BCUT2D eigenvalue weighted by Crippen LogP contribution is 2.48. The van der Waals surface area contributed by atoms with Crippen molar-refractivity contribution in [2.24, 2.45) is 0 Å². The van der Waals surface area contributed by atoms with Gasteiger partial charge in [0.1, 0.15) is 12.1 Å². The summed E-state index contributed by atoms with van der Waals surface area (Å²) >= 11 is 0. The van der Waals surface area contributed by atoms with Gasteiger partial charge in [-0.05, 0) is 36.2 Å². The second kappa shape index (κ2) is 7.95. The van der Waals surface area contributed by atoms with Crippen LogP contribution in [0.25, 0.3) is 17.0 Å². The number of carbonyl (C=O) groups excluding carboxylic acids is 1. The Kier molecular flexibility index (Phi) is 4.75. The molecule has 3 aromatic heterocycles. The van der Waals surface area contributed by atoms with Gasteiger partial charge in [-0.15, -0.1) is 5.10 Å². The lowest BCUT2D eigenvalue weighted by atomic mass is 9.78. The first kappa shape index (κ1) is 20.3. The Labute approximate surface area is 195 Å². The van der Waals surface area contributed by atoms with Crippen LogP contribution in [-0.2, 0) is 4.79 Å². The van der Waals surface area contributed by atoms with E-state index in [1.54, 1.807) is 37.5 Å². The third kappa shape index (κ3) is 3.12. The van der Waals surface area contributed by atoms with E-state index >= 15 is 0 Å². The van der Waals surface area contributed by atoms with Gasteiger partial charge in [0.25, 0.3) is 0 Å². The summed E-state index contributed by atoms with van der Waals surface area (Å²) < 4.78 is 18.8. The lowest BCUT2D eigenvalue weighted by Crippen LogP contribution is -2.26. The van der Waals surface area contributed by atoms with Gasteiger partial charge in [-0.2, -0.15) is 0 Å². The number of hydrogen-bond acceptors (Lipinski definition) is 8. The van der Waals surface area contributed by atoms with Crippen molar-refractivity contribution in [2.75, 3.05) is 14.2 Å². The third-order valence-electron chi connectivity index (χ3n) is 6.25. The van der Waals surface area contributed by atoms with E-state index in [4.69, 9.17) is 19.2 Å². The molecule has 1 aromatic carbocycles. The Morgan fingerprint density at radius 1 is 1.12 bits per heavy atom. The highest BCUT2D eigenvalue weighted by molar-refractivity contribution is 6.00. The fourth-order valence-electron chi connectivity index (χ4n) is 4.70. The van der Waals surface area contributed by atoms with E-state index in [1.807, 2.05) is 30.3 Å². The molecule has 170 valence electrons. The van der Waals surface area contributed by atoms with Crippen molar-refractivity contribution in [3.8, 4) is 28.8 Å². The summed E-state index contributed by atoms with van der Waals surface area (Å²) in [6.07, 6.45) is 6.91. The van der Waals surface area contributed by atoms with Crippen molar-refractivity contribution >= 4 is 11.4 Å². The van der Waals surface area contributed by atoms with Gasteiger partial charge in [-0.1, -0.05) is 6.07 Å². The van der Waals surface area contributed by atoms with Gasteiger partial charge in [-0.25, -0.2) is 14.5 Å². The molecule has 1 aliphatic heterocycles. The van der Waals surface area contributed by atoms with Gasteiger partial charge in [0.15, 0.2) is 28.8 Å². The summed E-state index contributed by atoms with van der Waals surface area (Å²) in [4.78, 5) is 26.7. The SMILES string of the molecule is COc1ccc([C@@H]2C3=C(CCCC3=O)Oc3ncn4nc(-c5cccnc5)nc4c32)cc1OC. The van der Waals surface area contributed by atoms with E-state index in [0.29, 0.717) is 58.6 Å². The molecule has 0 amide bonds. The standard InChI is InChI=1S/C25H21N5O4/c1-32-17-9-8-14(11-19(17)33-2)20-21-16(31)6-3-7-18(21)34-25-22(20)24-28-23(29-30(24)13-27-25)15-5-4-10-26-12-15/h4-5,8-13,20H,3,6-7H2,1-2H3/t20-/m1/s1. The first-order valence-electron chi connectivity index (χ1n) is 11.0. The average molecular weight is 455 g/mol. The van der Waals surface area contributed by atoms with Crippen molar-refractivity contribution in [1.29, 1.82) is 0 Å². The number of rotatable bonds is 4. The molecule has 0 fully saturated rings. The topological polar surface area (TPSA) is 101 Å². The summed E-state index contributed by atoms with van der Waals surface area (Å²) in [6.45, 7) is 0. The molecule has 9 heteroatoms. The number of benzene rings is 1. The zero-order valence-corrected chi connectivity index (χ0v) is 18.7. The zero-order valence-electron chi connectivity index (χ0n) is 18.7. The van der Waals surface area contributed by atoms with Gasteiger partial charge in [0.05, 0.1) is 25.7 Å². The van der Waals surface area contributed by atoms with E-state index in [2.05, 4.69) is 15.1 Å². The van der Waals surface area contributed by atoms with E-state index in [9.17, 15) is 4.79 Å². The molecule has 4 heterocycles. The number of carbonyl (C=O) groups is 1. The number of methoxy groups -OCH3 is 2. The normalized spacial score (nSPS) is 17.2. The van der Waals surface area contributed by atoms with Crippen LogP contribution in [-0.4, -0.2) is 44.6 Å². The van der Waals surface area contributed by atoms with Gasteiger partial charge < -0.3 is 14.2 Å². The first-order valence-corrected chi connectivity index (χ1v) is 11.0. The van der Waals surface area contributed by atoms with Crippen LogP contribution in [0.5, 0.6) is 17.4 Å². The van der Waals surface area contributed by atoms with Crippen LogP contribution in [0.15, 0.2) is 60.4 Å². The predicted octanol–water partition coefficient (Wildman–Crippen LogP) is 3.73. The number of pyridine rings is 1. The van der Waals surface area contributed by atoms with E-state index in [-0.39, 0.29) is 5.78 Å². The number of fused-ring (bicyclic) bond motifs is 3. The molecule has 0 bridgehead atoms. The summed E-state index contributed by atoms with van der Waals surface area (Å²) in [6, 6.07) is 9.41. The van der Waals surface area contributed by atoms with Crippen LogP contribution in [0, 0.1) is 0 Å². The van der Waals surface area contributed by atoms with Gasteiger partial charge in [0, 0.05) is 36.4 Å². The molecule has 0 saturated carbocycles. The van der Waals surface area contributed by atoms with Crippen LogP contribution in [0.3, 0.4) is 0 Å². The molecule has 9 nitrogen and oxygen atoms in total. The Balaban J connectivity index is 1.61. The molecule has 34 heavy (non-hydrogen) atoms. The van der Waals surface area contributed by atoms with Crippen LogP contribution < -0.4 is 14.2 Å². The first-order chi connectivity index (χ1) is 16.7. The van der Waals surface area contributed by atoms with Crippen LogP contribution in [0.2, 0.25) is 0 Å². The summed E-state index contributed by atoms with van der Waals surface area (Å²) in [5.41, 5.74) is 3.57. The predicted molar refractivity (Wildman–Crippen MR) is 122 cm³/mol. The number of ether oxygens (including phenoxy) is 3. The molecule has 0 radical (unpaired) electrons. The molecule has 1 atom stereocenters. The summed E-state index contributed by atoms with van der Waals surface area (Å²) in [5, 5.41) is 4.61. The highest BCUT2D eigenvalue weighted by atomic mass is 16.5. The Morgan fingerprint density at radius 2 is 2.00 bits per heavy atom. The van der Waals surface area contributed by atoms with Gasteiger partial charge in [-0.3, -0.25) is 9.78 Å². The Hall–Kier alpha value is -4.27.